The van der Waals surface area contributed by atoms with Crippen molar-refractivity contribution in [1.82, 2.24) is 10.5 Å². The van der Waals surface area contributed by atoms with Crippen molar-refractivity contribution in [2.75, 3.05) is 0 Å². The standard InChI is InChI=1S/C6H5BrN2O3/c7-4-1-3(5(10)9-12)2-8-6(4)11/h1-2,12H,(H,8,11)(H,9,10). The molecule has 1 aromatic rings. The first-order chi connectivity index (χ1) is 5.65. The molecule has 64 valence electrons. The van der Waals surface area contributed by atoms with Crippen molar-refractivity contribution >= 4 is 21.8 Å². The van der Waals surface area contributed by atoms with Crippen molar-refractivity contribution in [2.45, 2.75) is 0 Å². The lowest BCUT2D eigenvalue weighted by atomic mass is 10.3. The van der Waals surface area contributed by atoms with E-state index in [4.69, 9.17) is 5.21 Å². The van der Waals surface area contributed by atoms with Crippen LogP contribution in [0.3, 0.4) is 0 Å². The molecule has 0 aliphatic rings. The molecule has 0 saturated carbocycles. The number of rotatable bonds is 1. The highest BCUT2D eigenvalue weighted by Crippen LogP contribution is 2.04. The van der Waals surface area contributed by atoms with Gasteiger partial charge in [-0.2, -0.15) is 0 Å². The summed E-state index contributed by atoms with van der Waals surface area (Å²) in [4.78, 5) is 23.9. The van der Waals surface area contributed by atoms with E-state index >= 15 is 0 Å². The number of H-pyrrole nitrogens is 1. The third-order valence-electron chi connectivity index (χ3n) is 1.22. The Morgan fingerprint density at radius 3 is 2.83 bits per heavy atom. The van der Waals surface area contributed by atoms with E-state index in [-0.39, 0.29) is 15.6 Å². The van der Waals surface area contributed by atoms with Gasteiger partial charge in [0.05, 0.1) is 10.0 Å². The third kappa shape index (κ3) is 1.72. The van der Waals surface area contributed by atoms with E-state index in [0.717, 1.165) is 0 Å². The highest BCUT2D eigenvalue weighted by molar-refractivity contribution is 9.10. The van der Waals surface area contributed by atoms with E-state index in [1.165, 1.54) is 17.7 Å². The summed E-state index contributed by atoms with van der Waals surface area (Å²) in [6.45, 7) is 0. The largest absolute Gasteiger partial charge is 0.327 e. The zero-order valence-electron chi connectivity index (χ0n) is 5.80. The van der Waals surface area contributed by atoms with Crippen LogP contribution in [0.5, 0.6) is 0 Å². The SMILES string of the molecule is O=C(NO)c1c[nH]c(=O)c(Br)c1. The van der Waals surface area contributed by atoms with Crippen LogP contribution in [0, 0.1) is 0 Å². The lowest BCUT2D eigenvalue weighted by Gasteiger charge is -1.97. The Morgan fingerprint density at radius 1 is 1.67 bits per heavy atom. The van der Waals surface area contributed by atoms with Gasteiger partial charge in [-0.3, -0.25) is 14.8 Å². The zero-order chi connectivity index (χ0) is 9.14. The van der Waals surface area contributed by atoms with E-state index < -0.39 is 5.91 Å². The molecule has 0 aromatic carbocycles. The number of amides is 1. The monoisotopic (exact) mass is 232 g/mol. The fourth-order valence-electron chi connectivity index (χ4n) is 0.652. The minimum Gasteiger partial charge on any atom is -0.327 e. The van der Waals surface area contributed by atoms with Crippen LogP contribution in [0.1, 0.15) is 10.4 Å². The number of carbonyl (C=O) groups excluding carboxylic acids is 1. The highest BCUT2D eigenvalue weighted by atomic mass is 79.9. The first-order valence-electron chi connectivity index (χ1n) is 2.98. The van der Waals surface area contributed by atoms with Gasteiger partial charge in [-0.05, 0) is 22.0 Å². The Hall–Kier alpha value is -1.14. The van der Waals surface area contributed by atoms with Gasteiger partial charge < -0.3 is 4.98 Å². The third-order valence-corrected chi connectivity index (χ3v) is 1.81. The molecule has 0 bridgehead atoms. The minimum atomic E-state index is -0.674. The Bertz CT molecular complexity index is 360. The second kappa shape index (κ2) is 3.51. The van der Waals surface area contributed by atoms with E-state index in [1.54, 1.807) is 0 Å². The molecule has 1 heterocycles. The average Bonchev–Trinajstić information content (AvgIpc) is 2.08. The number of hydrogen-bond acceptors (Lipinski definition) is 3. The molecule has 0 radical (unpaired) electrons. The summed E-state index contributed by atoms with van der Waals surface area (Å²) < 4.78 is 0.239. The van der Waals surface area contributed by atoms with E-state index in [1.807, 2.05) is 0 Å². The van der Waals surface area contributed by atoms with Crippen LogP contribution < -0.4 is 11.0 Å². The van der Waals surface area contributed by atoms with Gasteiger partial charge in [0.1, 0.15) is 0 Å². The molecule has 0 fully saturated rings. The quantitative estimate of drug-likeness (QED) is 0.480. The number of carbonyl (C=O) groups is 1. The van der Waals surface area contributed by atoms with Crippen LogP contribution in [-0.4, -0.2) is 16.1 Å². The summed E-state index contributed by atoms with van der Waals surface area (Å²) in [6, 6.07) is 1.31. The summed E-state index contributed by atoms with van der Waals surface area (Å²) >= 11 is 2.94. The van der Waals surface area contributed by atoms with Crippen LogP contribution in [0.25, 0.3) is 0 Å². The normalized spacial score (nSPS) is 9.50. The highest BCUT2D eigenvalue weighted by Gasteiger charge is 2.05. The first-order valence-corrected chi connectivity index (χ1v) is 3.77. The molecule has 1 amide bonds. The van der Waals surface area contributed by atoms with E-state index in [0.29, 0.717) is 0 Å². The fraction of sp³-hybridized carbons (Fsp3) is 0. The second-order valence-electron chi connectivity index (χ2n) is 2.01. The maximum absolute atomic E-state index is 10.8. The number of aromatic nitrogens is 1. The maximum atomic E-state index is 10.8. The van der Waals surface area contributed by atoms with Gasteiger partial charge in [0.25, 0.3) is 11.5 Å². The average molecular weight is 233 g/mol. The number of hydroxylamine groups is 1. The predicted octanol–water partition coefficient (Wildman–Crippen LogP) is 0.256. The van der Waals surface area contributed by atoms with Crippen LogP contribution in [-0.2, 0) is 0 Å². The Labute approximate surface area is 75.5 Å². The summed E-state index contributed by atoms with van der Waals surface area (Å²) in [5.74, 6) is -0.674. The lowest BCUT2D eigenvalue weighted by Crippen LogP contribution is -2.20. The lowest BCUT2D eigenvalue weighted by molar-refractivity contribution is 0.0706. The maximum Gasteiger partial charge on any atom is 0.276 e. The molecule has 6 heteroatoms. The molecule has 3 N–H and O–H groups in total. The topological polar surface area (TPSA) is 82.2 Å². The van der Waals surface area contributed by atoms with Crippen molar-refractivity contribution in [3.05, 3.63) is 32.7 Å². The summed E-state index contributed by atoms with van der Waals surface area (Å²) in [6.07, 6.45) is 1.21. The molecule has 0 unspecified atom stereocenters. The molecule has 0 atom stereocenters. The van der Waals surface area contributed by atoms with E-state index in [2.05, 4.69) is 20.9 Å². The van der Waals surface area contributed by atoms with Gasteiger partial charge in [-0.1, -0.05) is 0 Å². The number of pyridine rings is 1. The molecule has 1 aromatic heterocycles. The molecule has 0 aliphatic heterocycles. The predicted molar refractivity (Wildman–Crippen MR) is 44.0 cm³/mol. The molecule has 5 nitrogen and oxygen atoms in total. The molecule has 0 spiro atoms. The first kappa shape index (κ1) is 8.95. The van der Waals surface area contributed by atoms with Gasteiger partial charge in [0.15, 0.2) is 0 Å². The van der Waals surface area contributed by atoms with Crippen molar-refractivity contribution in [2.24, 2.45) is 0 Å². The van der Waals surface area contributed by atoms with Gasteiger partial charge in [0.2, 0.25) is 0 Å². The number of halogens is 1. The Balaban J connectivity index is 3.13. The van der Waals surface area contributed by atoms with Crippen LogP contribution in [0.2, 0.25) is 0 Å². The van der Waals surface area contributed by atoms with Crippen LogP contribution >= 0.6 is 15.9 Å². The van der Waals surface area contributed by atoms with Gasteiger partial charge >= 0.3 is 0 Å². The fourth-order valence-corrected chi connectivity index (χ4v) is 1.01. The molecule has 12 heavy (non-hydrogen) atoms. The molecular formula is C6H5BrN2O3. The van der Waals surface area contributed by atoms with Crippen molar-refractivity contribution in [3.63, 3.8) is 0 Å². The molecule has 0 saturated heterocycles. The van der Waals surface area contributed by atoms with Crippen LogP contribution in [0.4, 0.5) is 0 Å². The molecular weight excluding hydrogens is 228 g/mol. The smallest absolute Gasteiger partial charge is 0.276 e. The minimum absolute atomic E-state index is 0.170. The summed E-state index contributed by atoms with van der Waals surface area (Å²) in [7, 11) is 0. The van der Waals surface area contributed by atoms with Gasteiger partial charge in [-0.25, -0.2) is 5.48 Å². The molecule has 1 rings (SSSR count). The second-order valence-corrected chi connectivity index (χ2v) is 2.86. The van der Waals surface area contributed by atoms with Crippen molar-refractivity contribution in [1.29, 1.82) is 0 Å². The Kier molecular flexibility index (Phi) is 2.61. The van der Waals surface area contributed by atoms with Gasteiger partial charge in [0, 0.05) is 6.20 Å². The van der Waals surface area contributed by atoms with Crippen molar-refractivity contribution < 1.29 is 10.0 Å². The summed E-state index contributed by atoms with van der Waals surface area (Å²) in [5.41, 5.74) is 1.29. The van der Waals surface area contributed by atoms with Gasteiger partial charge in [-0.15, -0.1) is 0 Å². The van der Waals surface area contributed by atoms with E-state index in [9.17, 15) is 9.59 Å². The Morgan fingerprint density at radius 2 is 2.33 bits per heavy atom. The number of aromatic amines is 1. The number of hydrogen-bond donors (Lipinski definition) is 3. The molecule has 0 aliphatic carbocycles. The summed E-state index contributed by atoms with van der Waals surface area (Å²) in [5, 5.41) is 8.24. The van der Waals surface area contributed by atoms with Crippen molar-refractivity contribution in [3.8, 4) is 0 Å². The number of nitrogens with one attached hydrogen (secondary N) is 2. The van der Waals surface area contributed by atoms with Crippen LogP contribution in [0.15, 0.2) is 21.5 Å². The zero-order valence-corrected chi connectivity index (χ0v) is 7.38.